The molecule has 0 saturated heterocycles. The van der Waals surface area contributed by atoms with Crippen molar-refractivity contribution < 1.29 is 0 Å². The highest BCUT2D eigenvalue weighted by atomic mass is 79.9. The Kier molecular flexibility index (Phi) is 3.95. The summed E-state index contributed by atoms with van der Waals surface area (Å²) < 4.78 is 1.09. The van der Waals surface area contributed by atoms with Crippen LogP contribution in [0.1, 0.15) is 53.5 Å². The summed E-state index contributed by atoms with van der Waals surface area (Å²) in [7, 11) is 0. The van der Waals surface area contributed by atoms with Crippen molar-refractivity contribution in [1.29, 1.82) is 0 Å². The summed E-state index contributed by atoms with van der Waals surface area (Å²) in [5.41, 5.74) is 11.5. The molecule has 3 rings (SSSR count). The van der Waals surface area contributed by atoms with E-state index in [2.05, 4.69) is 65.3 Å². The van der Waals surface area contributed by atoms with Gasteiger partial charge in [-0.15, -0.1) is 0 Å². The zero-order valence-corrected chi connectivity index (χ0v) is 13.4. The van der Waals surface area contributed by atoms with Gasteiger partial charge in [-0.2, -0.15) is 0 Å². The first-order valence-electron chi connectivity index (χ1n) is 7.26. The largest absolute Gasteiger partial charge is 0.320 e. The molecule has 0 bridgehead atoms. The summed E-state index contributed by atoms with van der Waals surface area (Å²) >= 11 is 3.55. The Hall–Kier alpha value is -1.12. The van der Waals surface area contributed by atoms with Gasteiger partial charge >= 0.3 is 0 Å². The Labute approximate surface area is 129 Å². The highest BCUT2D eigenvalue weighted by Gasteiger charge is 2.19. The Balaban J connectivity index is 1.83. The minimum absolute atomic E-state index is 0.0540. The molecule has 20 heavy (non-hydrogen) atoms. The number of nitrogens with two attached hydrogens (primary N) is 1. The second-order valence-corrected chi connectivity index (χ2v) is 6.75. The average Bonchev–Trinajstić information content (AvgIpc) is 2.35. The molecule has 1 unspecified atom stereocenters. The maximum Gasteiger partial charge on any atom is 0.0552 e. The molecule has 0 aliphatic heterocycles. The molecule has 0 spiro atoms. The van der Waals surface area contributed by atoms with Gasteiger partial charge in [0.25, 0.3) is 0 Å². The summed E-state index contributed by atoms with van der Waals surface area (Å²) in [6.45, 7) is 2.10. The zero-order valence-electron chi connectivity index (χ0n) is 11.8. The van der Waals surface area contributed by atoms with E-state index >= 15 is 0 Å². The van der Waals surface area contributed by atoms with E-state index in [0.29, 0.717) is 0 Å². The standard InChI is InChI=1S/C18H20BrN/c1-12-9-16(11-17(19)10-12)18(20)15-7-5-14(6-8-15)13-3-2-4-13/h5-11,13,18H,2-4,20H2,1H3. The van der Waals surface area contributed by atoms with Crippen molar-refractivity contribution in [2.45, 2.75) is 38.1 Å². The van der Waals surface area contributed by atoms with Gasteiger partial charge in [0.05, 0.1) is 6.04 Å². The van der Waals surface area contributed by atoms with Crippen molar-refractivity contribution >= 4 is 15.9 Å². The Bertz CT molecular complexity index is 579. The highest BCUT2D eigenvalue weighted by molar-refractivity contribution is 9.10. The number of halogens is 1. The summed E-state index contributed by atoms with van der Waals surface area (Å²) in [5, 5.41) is 0. The smallest absolute Gasteiger partial charge is 0.0552 e. The maximum absolute atomic E-state index is 6.41. The minimum atomic E-state index is -0.0540. The molecule has 1 aliphatic rings. The molecule has 1 atom stereocenters. The molecule has 0 heterocycles. The van der Waals surface area contributed by atoms with E-state index in [1.54, 1.807) is 0 Å². The summed E-state index contributed by atoms with van der Waals surface area (Å²) in [6, 6.07) is 15.2. The first kappa shape index (κ1) is 13.8. The molecule has 2 aromatic carbocycles. The summed E-state index contributed by atoms with van der Waals surface area (Å²) in [4.78, 5) is 0. The van der Waals surface area contributed by atoms with Crippen LogP contribution in [-0.2, 0) is 0 Å². The summed E-state index contributed by atoms with van der Waals surface area (Å²) in [6.07, 6.45) is 4.07. The van der Waals surface area contributed by atoms with Gasteiger partial charge in [-0.25, -0.2) is 0 Å². The van der Waals surface area contributed by atoms with E-state index in [4.69, 9.17) is 5.73 Å². The normalized spacial score (nSPS) is 16.8. The van der Waals surface area contributed by atoms with Crippen LogP contribution < -0.4 is 5.73 Å². The van der Waals surface area contributed by atoms with E-state index in [1.807, 2.05) is 0 Å². The molecule has 0 radical (unpaired) electrons. The van der Waals surface area contributed by atoms with Gasteiger partial charge in [0.1, 0.15) is 0 Å². The molecule has 0 amide bonds. The highest BCUT2D eigenvalue weighted by Crippen LogP contribution is 2.36. The van der Waals surface area contributed by atoms with Gasteiger partial charge in [-0.05, 0) is 60.1 Å². The van der Waals surface area contributed by atoms with Gasteiger partial charge in [-0.3, -0.25) is 0 Å². The molecular formula is C18H20BrN. The van der Waals surface area contributed by atoms with Gasteiger partial charge in [0, 0.05) is 4.47 Å². The van der Waals surface area contributed by atoms with Crippen LogP contribution in [0.25, 0.3) is 0 Å². The molecule has 104 valence electrons. The molecule has 2 N–H and O–H groups in total. The third-order valence-corrected chi connectivity index (χ3v) is 4.75. The van der Waals surface area contributed by atoms with Crippen LogP contribution in [0.3, 0.4) is 0 Å². The van der Waals surface area contributed by atoms with Gasteiger partial charge in [-0.1, -0.05) is 52.7 Å². The minimum Gasteiger partial charge on any atom is -0.320 e. The Morgan fingerprint density at radius 3 is 2.30 bits per heavy atom. The molecule has 2 heteroatoms. The topological polar surface area (TPSA) is 26.0 Å². The SMILES string of the molecule is Cc1cc(Br)cc(C(N)c2ccc(C3CCC3)cc2)c1. The lowest BCUT2D eigenvalue weighted by Gasteiger charge is -2.26. The molecule has 0 aromatic heterocycles. The first-order chi connectivity index (χ1) is 9.63. The van der Waals surface area contributed by atoms with Crippen LogP contribution in [0, 0.1) is 6.92 Å². The summed E-state index contributed by atoms with van der Waals surface area (Å²) in [5.74, 6) is 0.786. The lowest BCUT2D eigenvalue weighted by Crippen LogP contribution is -2.13. The van der Waals surface area contributed by atoms with Crippen molar-refractivity contribution in [2.75, 3.05) is 0 Å². The van der Waals surface area contributed by atoms with E-state index in [1.165, 1.54) is 36.0 Å². The molecule has 2 aromatic rings. The van der Waals surface area contributed by atoms with E-state index in [9.17, 15) is 0 Å². The third-order valence-electron chi connectivity index (χ3n) is 4.30. The average molecular weight is 330 g/mol. The second-order valence-electron chi connectivity index (χ2n) is 5.83. The molecular weight excluding hydrogens is 310 g/mol. The lowest BCUT2D eigenvalue weighted by atomic mass is 9.79. The quantitative estimate of drug-likeness (QED) is 0.835. The van der Waals surface area contributed by atoms with Gasteiger partial charge < -0.3 is 5.73 Å². The molecule has 1 saturated carbocycles. The number of aryl methyl sites for hydroxylation is 1. The fourth-order valence-electron chi connectivity index (χ4n) is 2.85. The fraction of sp³-hybridized carbons (Fsp3) is 0.333. The van der Waals surface area contributed by atoms with Crippen molar-refractivity contribution in [2.24, 2.45) is 5.73 Å². The van der Waals surface area contributed by atoms with Gasteiger partial charge in [0.2, 0.25) is 0 Å². The van der Waals surface area contributed by atoms with Crippen LogP contribution in [0.5, 0.6) is 0 Å². The Morgan fingerprint density at radius 2 is 1.75 bits per heavy atom. The fourth-order valence-corrected chi connectivity index (χ4v) is 3.48. The van der Waals surface area contributed by atoms with Crippen molar-refractivity contribution in [3.8, 4) is 0 Å². The number of rotatable bonds is 3. The zero-order chi connectivity index (χ0) is 14.1. The van der Waals surface area contributed by atoms with E-state index < -0.39 is 0 Å². The van der Waals surface area contributed by atoms with Gasteiger partial charge in [0.15, 0.2) is 0 Å². The number of hydrogen-bond acceptors (Lipinski definition) is 1. The Morgan fingerprint density at radius 1 is 1.05 bits per heavy atom. The predicted octanol–water partition coefficient (Wildman–Crippen LogP) is 5.07. The van der Waals surface area contributed by atoms with Crippen LogP contribution in [0.15, 0.2) is 46.9 Å². The van der Waals surface area contributed by atoms with Crippen LogP contribution in [-0.4, -0.2) is 0 Å². The van der Waals surface area contributed by atoms with Crippen LogP contribution in [0.2, 0.25) is 0 Å². The van der Waals surface area contributed by atoms with E-state index in [0.717, 1.165) is 16.0 Å². The van der Waals surface area contributed by atoms with Crippen molar-refractivity contribution in [3.63, 3.8) is 0 Å². The van der Waals surface area contributed by atoms with Crippen LogP contribution in [0.4, 0.5) is 0 Å². The van der Waals surface area contributed by atoms with Crippen molar-refractivity contribution in [3.05, 3.63) is 69.2 Å². The monoisotopic (exact) mass is 329 g/mol. The lowest BCUT2D eigenvalue weighted by molar-refractivity contribution is 0.419. The number of hydrogen-bond donors (Lipinski definition) is 1. The van der Waals surface area contributed by atoms with E-state index in [-0.39, 0.29) is 6.04 Å². The molecule has 1 nitrogen and oxygen atoms in total. The maximum atomic E-state index is 6.41. The molecule has 1 fully saturated rings. The molecule has 1 aliphatic carbocycles. The second kappa shape index (κ2) is 5.71. The first-order valence-corrected chi connectivity index (χ1v) is 8.05. The predicted molar refractivity (Wildman–Crippen MR) is 87.9 cm³/mol. The van der Waals surface area contributed by atoms with Crippen LogP contribution >= 0.6 is 15.9 Å². The van der Waals surface area contributed by atoms with Crippen molar-refractivity contribution in [1.82, 2.24) is 0 Å². The third kappa shape index (κ3) is 2.82. The number of benzene rings is 2.